The van der Waals surface area contributed by atoms with Crippen LogP contribution in [0.5, 0.6) is 0 Å². The second-order valence-electron chi connectivity index (χ2n) is 5.39. The van der Waals surface area contributed by atoms with Gasteiger partial charge in [-0.25, -0.2) is 0 Å². The van der Waals surface area contributed by atoms with Crippen LogP contribution in [0, 0.1) is 5.92 Å². The zero-order chi connectivity index (χ0) is 12.8. The Bertz CT molecular complexity index is 382. The molecule has 0 unspecified atom stereocenters. The average molecular weight is 248 g/mol. The second-order valence-corrected chi connectivity index (χ2v) is 5.39. The first-order valence-corrected chi connectivity index (χ1v) is 6.89. The Morgan fingerprint density at radius 3 is 2.83 bits per heavy atom. The summed E-state index contributed by atoms with van der Waals surface area (Å²) in [6.07, 6.45) is 5.64. The Morgan fingerprint density at radius 1 is 1.28 bits per heavy atom. The summed E-state index contributed by atoms with van der Waals surface area (Å²) in [6.45, 7) is 9.40. The molecule has 0 radical (unpaired) electrons. The largest absolute Gasteiger partial charge is 0.463 e. The van der Waals surface area contributed by atoms with Crippen LogP contribution in [0.25, 0.3) is 0 Å². The van der Waals surface area contributed by atoms with Crippen molar-refractivity contribution in [2.45, 2.75) is 33.4 Å². The van der Waals surface area contributed by atoms with E-state index in [1.807, 2.05) is 0 Å². The third-order valence-electron chi connectivity index (χ3n) is 3.09. The molecule has 1 aliphatic rings. The molecule has 1 aromatic heterocycles. The lowest BCUT2D eigenvalue weighted by Crippen LogP contribution is -2.26. The highest BCUT2D eigenvalue weighted by Gasteiger charge is 2.09. The molecule has 0 atom stereocenters. The van der Waals surface area contributed by atoms with Crippen LogP contribution < -0.4 is 5.32 Å². The van der Waals surface area contributed by atoms with Crippen molar-refractivity contribution in [1.82, 2.24) is 10.2 Å². The van der Waals surface area contributed by atoms with Crippen molar-refractivity contribution < 1.29 is 4.42 Å². The van der Waals surface area contributed by atoms with Crippen molar-refractivity contribution in [2.24, 2.45) is 5.92 Å². The molecule has 1 aliphatic heterocycles. The van der Waals surface area contributed by atoms with Gasteiger partial charge in [0, 0.05) is 13.1 Å². The average Bonchev–Trinajstić information content (AvgIpc) is 2.78. The minimum atomic E-state index is 0.680. The van der Waals surface area contributed by atoms with Crippen molar-refractivity contribution in [1.29, 1.82) is 0 Å². The van der Waals surface area contributed by atoms with Gasteiger partial charge in [-0.3, -0.25) is 4.90 Å². The SMILES string of the molecule is CC(C)CNCc1ccc(CN2CC=CCC2)o1. The predicted molar refractivity (Wildman–Crippen MR) is 74.3 cm³/mol. The fraction of sp³-hybridized carbons (Fsp3) is 0.600. The van der Waals surface area contributed by atoms with E-state index in [1.54, 1.807) is 0 Å². The van der Waals surface area contributed by atoms with Crippen LogP contribution in [-0.4, -0.2) is 24.5 Å². The zero-order valence-electron chi connectivity index (χ0n) is 11.5. The minimum Gasteiger partial charge on any atom is -0.463 e. The van der Waals surface area contributed by atoms with E-state index in [0.29, 0.717) is 5.92 Å². The van der Waals surface area contributed by atoms with Gasteiger partial charge in [0.2, 0.25) is 0 Å². The lowest BCUT2D eigenvalue weighted by molar-refractivity contribution is 0.261. The predicted octanol–water partition coefficient (Wildman–Crippen LogP) is 2.79. The topological polar surface area (TPSA) is 28.4 Å². The standard InChI is InChI=1S/C15H24N2O/c1-13(2)10-16-11-14-6-7-15(18-14)12-17-8-4-3-5-9-17/h3-4,6-7,13,16H,5,8-12H2,1-2H3. The highest BCUT2D eigenvalue weighted by atomic mass is 16.3. The Hall–Kier alpha value is -1.06. The van der Waals surface area contributed by atoms with Crippen LogP contribution in [-0.2, 0) is 13.1 Å². The summed E-state index contributed by atoms with van der Waals surface area (Å²) >= 11 is 0. The fourth-order valence-electron chi connectivity index (χ4n) is 2.14. The summed E-state index contributed by atoms with van der Waals surface area (Å²) in [4.78, 5) is 2.41. The molecule has 18 heavy (non-hydrogen) atoms. The molecule has 0 amide bonds. The van der Waals surface area contributed by atoms with E-state index < -0.39 is 0 Å². The van der Waals surface area contributed by atoms with Gasteiger partial charge in [0.15, 0.2) is 0 Å². The van der Waals surface area contributed by atoms with Gasteiger partial charge in [-0.1, -0.05) is 26.0 Å². The second kappa shape index (κ2) is 6.76. The van der Waals surface area contributed by atoms with Crippen molar-refractivity contribution >= 4 is 0 Å². The summed E-state index contributed by atoms with van der Waals surface area (Å²) in [6, 6.07) is 4.19. The Balaban J connectivity index is 1.76. The quantitative estimate of drug-likeness (QED) is 0.785. The van der Waals surface area contributed by atoms with Gasteiger partial charge in [-0.15, -0.1) is 0 Å². The van der Waals surface area contributed by atoms with Crippen LogP contribution in [0.2, 0.25) is 0 Å². The summed E-state index contributed by atoms with van der Waals surface area (Å²) < 4.78 is 5.84. The molecule has 1 N–H and O–H groups in total. The maximum Gasteiger partial charge on any atom is 0.118 e. The van der Waals surface area contributed by atoms with E-state index in [1.165, 1.54) is 0 Å². The lowest BCUT2D eigenvalue weighted by Gasteiger charge is -2.21. The van der Waals surface area contributed by atoms with Crippen LogP contribution in [0.1, 0.15) is 31.8 Å². The maximum absolute atomic E-state index is 5.84. The van der Waals surface area contributed by atoms with Crippen molar-refractivity contribution in [3.8, 4) is 0 Å². The number of nitrogens with one attached hydrogen (secondary N) is 1. The first-order chi connectivity index (χ1) is 8.74. The van der Waals surface area contributed by atoms with Gasteiger partial charge in [0.25, 0.3) is 0 Å². The highest BCUT2D eigenvalue weighted by Crippen LogP contribution is 2.12. The van der Waals surface area contributed by atoms with E-state index in [4.69, 9.17) is 4.42 Å². The monoisotopic (exact) mass is 248 g/mol. The number of furan rings is 1. The highest BCUT2D eigenvalue weighted by molar-refractivity contribution is 5.07. The first-order valence-electron chi connectivity index (χ1n) is 6.89. The normalized spacial score (nSPS) is 16.6. The number of hydrogen-bond donors (Lipinski definition) is 1. The van der Waals surface area contributed by atoms with E-state index in [0.717, 1.165) is 50.7 Å². The third-order valence-corrected chi connectivity index (χ3v) is 3.09. The van der Waals surface area contributed by atoms with Crippen LogP contribution in [0.3, 0.4) is 0 Å². The molecule has 100 valence electrons. The molecule has 0 aromatic carbocycles. The third kappa shape index (κ3) is 4.31. The summed E-state index contributed by atoms with van der Waals surface area (Å²) in [5.74, 6) is 2.80. The number of hydrogen-bond acceptors (Lipinski definition) is 3. The molecule has 3 nitrogen and oxygen atoms in total. The summed E-state index contributed by atoms with van der Waals surface area (Å²) in [5.41, 5.74) is 0. The number of rotatable bonds is 6. The Morgan fingerprint density at radius 2 is 2.11 bits per heavy atom. The van der Waals surface area contributed by atoms with Crippen molar-refractivity contribution in [2.75, 3.05) is 19.6 Å². The van der Waals surface area contributed by atoms with E-state index >= 15 is 0 Å². The lowest BCUT2D eigenvalue weighted by atomic mass is 10.2. The molecular weight excluding hydrogens is 224 g/mol. The van der Waals surface area contributed by atoms with Gasteiger partial charge in [0.1, 0.15) is 11.5 Å². The van der Waals surface area contributed by atoms with Gasteiger partial charge >= 0.3 is 0 Å². The first kappa shape index (κ1) is 13.4. The van der Waals surface area contributed by atoms with Gasteiger partial charge < -0.3 is 9.73 Å². The molecule has 3 heteroatoms. The van der Waals surface area contributed by atoms with Gasteiger partial charge in [-0.05, 0) is 31.0 Å². The molecule has 2 heterocycles. The Labute approximate surface area is 110 Å². The molecule has 2 rings (SSSR count). The molecule has 1 aromatic rings. The molecule has 0 fully saturated rings. The minimum absolute atomic E-state index is 0.680. The molecule has 0 bridgehead atoms. The number of nitrogens with zero attached hydrogens (tertiary/aromatic N) is 1. The fourth-order valence-corrected chi connectivity index (χ4v) is 2.14. The van der Waals surface area contributed by atoms with Crippen molar-refractivity contribution in [3.63, 3.8) is 0 Å². The van der Waals surface area contributed by atoms with Crippen LogP contribution in [0.15, 0.2) is 28.7 Å². The molecular formula is C15H24N2O. The molecule has 0 aliphatic carbocycles. The van der Waals surface area contributed by atoms with Crippen molar-refractivity contribution in [3.05, 3.63) is 35.8 Å². The summed E-state index contributed by atoms with van der Waals surface area (Å²) in [5, 5.41) is 3.40. The summed E-state index contributed by atoms with van der Waals surface area (Å²) in [7, 11) is 0. The van der Waals surface area contributed by atoms with E-state index in [2.05, 4.69) is 48.3 Å². The van der Waals surface area contributed by atoms with E-state index in [9.17, 15) is 0 Å². The Kier molecular flexibility index (Phi) is 5.02. The van der Waals surface area contributed by atoms with Crippen LogP contribution in [0.4, 0.5) is 0 Å². The zero-order valence-corrected chi connectivity index (χ0v) is 11.5. The molecule has 0 spiro atoms. The van der Waals surface area contributed by atoms with Gasteiger partial charge in [0.05, 0.1) is 13.1 Å². The maximum atomic E-state index is 5.84. The smallest absolute Gasteiger partial charge is 0.118 e. The molecule has 0 saturated heterocycles. The van der Waals surface area contributed by atoms with E-state index in [-0.39, 0.29) is 0 Å². The van der Waals surface area contributed by atoms with Crippen LogP contribution >= 0.6 is 0 Å². The van der Waals surface area contributed by atoms with Gasteiger partial charge in [-0.2, -0.15) is 0 Å². The molecule has 0 saturated carbocycles.